The predicted octanol–water partition coefficient (Wildman–Crippen LogP) is 2.28. The molecule has 16 heavy (non-hydrogen) atoms. The van der Waals surface area contributed by atoms with Crippen LogP contribution >= 0.6 is 0 Å². The monoisotopic (exact) mass is 227 g/mol. The fourth-order valence-corrected chi connectivity index (χ4v) is 2.64. The molecule has 0 saturated carbocycles. The third-order valence-electron chi connectivity index (χ3n) is 3.09. The minimum atomic E-state index is -0.431. The van der Waals surface area contributed by atoms with Crippen LogP contribution in [0.2, 0.25) is 0 Å². The van der Waals surface area contributed by atoms with E-state index in [0.29, 0.717) is 6.42 Å². The Morgan fingerprint density at radius 2 is 1.88 bits per heavy atom. The van der Waals surface area contributed by atoms with Crippen molar-refractivity contribution in [1.82, 2.24) is 0 Å². The van der Waals surface area contributed by atoms with Crippen LogP contribution < -0.4 is 5.73 Å². The molecule has 2 N–H and O–H groups in total. The van der Waals surface area contributed by atoms with Crippen molar-refractivity contribution < 1.29 is 9.53 Å². The summed E-state index contributed by atoms with van der Waals surface area (Å²) >= 11 is 0. The van der Waals surface area contributed by atoms with Crippen LogP contribution in [0.5, 0.6) is 0 Å². The van der Waals surface area contributed by atoms with Crippen LogP contribution in [0.1, 0.15) is 54.4 Å². The van der Waals surface area contributed by atoms with Gasteiger partial charge in [-0.3, -0.25) is 4.79 Å². The Kier molecular flexibility index (Phi) is 3.25. The van der Waals surface area contributed by atoms with Gasteiger partial charge < -0.3 is 10.5 Å². The van der Waals surface area contributed by atoms with E-state index in [9.17, 15) is 4.79 Å². The lowest BCUT2D eigenvalue weighted by Crippen LogP contribution is -2.40. The van der Waals surface area contributed by atoms with Crippen molar-refractivity contribution in [3.8, 4) is 0 Å². The van der Waals surface area contributed by atoms with E-state index in [1.165, 1.54) is 0 Å². The van der Waals surface area contributed by atoms with Crippen LogP contribution in [0, 0.1) is 5.92 Å². The Labute approximate surface area is 98.7 Å². The number of carbonyl (C=O) groups excluding carboxylic acids is 1. The van der Waals surface area contributed by atoms with Crippen LogP contribution in [0.3, 0.4) is 0 Å². The van der Waals surface area contributed by atoms with Crippen molar-refractivity contribution in [2.75, 3.05) is 0 Å². The average molecular weight is 227 g/mol. The second kappa shape index (κ2) is 3.81. The van der Waals surface area contributed by atoms with E-state index in [0.717, 1.165) is 6.42 Å². The zero-order valence-electron chi connectivity index (χ0n) is 11.4. The van der Waals surface area contributed by atoms with Gasteiger partial charge in [0.2, 0.25) is 0 Å². The fraction of sp³-hybridized carbons (Fsp3) is 0.923. The molecule has 0 aromatic rings. The number of carbonyl (C=O) groups is 1. The van der Waals surface area contributed by atoms with Gasteiger partial charge in [0.1, 0.15) is 5.78 Å². The van der Waals surface area contributed by atoms with Gasteiger partial charge >= 0.3 is 0 Å². The molecular formula is C13H25NO2. The molecule has 0 aromatic carbocycles. The molecule has 3 heteroatoms. The molecule has 0 aromatic heterocycles. The Hall–Kier alpha value is -0.410. The normalized spacial score (nSPS) is 28.1. The molecule has 1 heterocycles. The summed E-state index contributed by atoms with van der Waals surface area (Å²) in [4.78, 5) is 12.2. The van der Waals surface area contributed by atoms with E-state index in [-0.39, 0.29) is 22.9 Å². The molecule has 1 aliphatic rings. The molecule has 1 saturated heterocycles. The first-order chi connectivity index (χ1) is 6.93. The zero-order chi connectivity index (χ0) is 12.8. The third-order valence-corrected chi connectivity index (χ3v) is 3.09. The largest absolute Gasteiger partial charge is 0.369 e. The highest BCUT2D eigenvalue weighted by molar-refractivity contribution is 5.83. The maximum Gasteiger partial charge on any atom is 0.140 e. The SMILES string of the molecule is CC(C)(N)CC(=O)C1CC(C)(C)OC1(C)C. The first-order valence-electron chi connectivity index (χ1n) is 5.95. The predicted molar refractivity (Wildman–Crippen MR) is 65.2 cm³/mol. The molecule has 3 nitrogen and oxygen atoms in total. The maximum absolute atomic E-state index is 12.2. The summed E-state index contributed by atoms with van der Waals surface area (Å²) in [7, 11) is 0. The van der Waals surface area contributed by atoms with E-state index in [2.05, 4.69) is 0 Å². The molecule has 0 spiro atoms. The highest BCUT2D eigenvalue weighted by Gasteiger charge is 2.49. The van der Waals surface area contributed by atoms with Crippen LogP contribution in [-0.2, 0) is 9.53 Å². The standard InChI is InChI=1S/C13H25NO2/c1-11(2,14)8-10(15)9-7-12(3,4)16-13(9,5)6/h9H,7-8,14H2,1-6H3. The van der Waals surface area contributed by atoms with Crippen molar-refractivity contribution in [2.24, 2.45) is 11.7 Å². The molecular weight excluding hydrogens is 202 g/mol. The van der Waals surface area contributed by atoms with Gasteiger partial charge in [0, 0.05) is 17.9 Å². The van der Waals surface area contributed by atoms with Gasteiger partial charge in [-0.2, -0.15) is 0 Å². The second-order valence-corrected chi connectivity index (χ2v) is 6.85. The number of ketones is 1. The first kappa shape index (κ1) is 13.7. The summed E-state index contributed by atoms with van der Waals surface area (Å²) in [6, 6.07) is 0. The van der Waals surface area contributed by atoms with Crippen LogP contribution in [0.25, 0.3) is 0 Å². The highest BCUT2D eigenvalue weighted by atomic mass is 16.5. The number of ether oxygens (including phenoxy) is 1. The van der Waals surface area contributed by atoms with Crippen molar-refractivity contribution in [3.63, 3.8) is 0 Å². The molecule has 1 atom stereocenters. The molecule has 0 bridgehead atoms. The first-order valence-corrected chi connectivity index (χ1v) is 5.95. The number of nitrogens with two attached hydrogens (primary N) is 1. The van der Waals surface area contributed by atoms with E-state index in [1.54, 1.807) is 0 Å². The van der Waals surface area contributed by atoms with Gasteiger partial charge in [-0.15, -0.1) is 0 Å². The van der Waals surface area contributed by atoms with Crippen molar-refractivity contribution in [3.05, 3.63) is 0 Å². The topological polar surface area (TPSA) is 52.3 Å². The summed E-state index contributed by atoms with van der Waals surface area (Å²) in [5.41, 5.74) is 4.89. The van der Waals surface area contributed by atoms with E-state index in [1.807, 2.05) is 41.5 Å². The van der Waals surface area contributed by atoms with Crippen LogP contribution in [0.15, 0.2) is 0 Å². The summed E-state index contributed by atoms with van der Waals surface area (Å²) in [5.74, 6) is 0.188. The zero-order valence-corrected chi connectivity index (χ0v) is 11.4. The number of Topliss-reactive ketones (excluding diaryl/α,β-unsaturated/α-hetero) is 1. The quantitative estimate of drug-likeness (QED) is 0.804. The summed E-state index contributed by atoms with van der Waals surface area (Å²) in [5, 5.41) is 0. The lowest BCUT2D eigenvalue weighted by molar-refractivity contribution is -0.130. The molecule has 0 aliphatic carbocycles. The summed E-state index contributed by atoms with van der Waals surface area (Å²) in [6.07, 6.45) is 1.20. The average Bonchev–Trinajstić information content (AvgIpc) is 2.14. The van der Waals surface area contributed by atoms with Gasteiger partial charge in [-0.05, 0) is 48.0 Å². The van der Waals surface area contributed by atoms with Gasteiger partial charge in [-0.1, -0.05) is 0 Å². The molecule has 1 fully saturated rings. The molecule has 1 aliphatic heterocycles. The molecule has 0 amide bonds. The third kappa shape index (κ3) is 3.29. The van der Waals surface area contributed by atoms with Crippen molar-refractivity contribution >= 4 is 5.78 Å². The molecule has 1 rings (SSSR count). The van der Waals surface area contributed by atoms with Crippen molar-refractivity contribution in [2.45, 2.75) is 71.1 Å². The number of hydrogen-bond acceptors (Lipinski definition) is 3. The number of rotatable bonds is 3. The van der Waals surface area contributed by atoms with E-state index < -0.39 is 5.54 Å². The maximum atomic E-state index is 12.2. The molecule has 94 valence electrons. The van der Waals surface area contributed by atoms with E-state index in [4.69, 9.17) is 10.5 Å². The lowest BCUT2D eigenvalue weighted by Gasteiger charge is -2.28. The Morgan fingerprint density at radius 1 is 1.38 bits per heavy atom. The second-order valence-electron chi connectivity index (χ2n) is 6.85. The van der Waals surface area contributed by atoms with Gasteiger partial charge in [0.15, 0.2) is 0 Å². The lowest BCUT2D eigenvalue weighted by atomic mass is 9.80. The highest BCUT2D eigenvalue weighted by Crippen LogP contribution is 2.43. The van der Waals surface area contributed by atoms with E-state index >= 15 is 0 Å². The number of hydrogen-bond donors (Lipinski definition) is 1. The Morgan fingerprint density at radius 3 is 2.19 bits per heavy atom. The minimum Gasteiger partial charge on any atom is -0.369 e. The fourth-order valence-electron chi connectivity index (χ4n) is 2.64. The molecule has 1 unspecified atom stereocenters. The van der Waals surface area contributed by atoms with Crippen LogP contribution in [-0.4, -0.2) is 22.5 Å². The van der Waals surface area contributed by atoms with Crippen LogP contribution in [0.4, 0.5) is 0 Å². The van der Waals surface area contributed by atoms with Gasteiger partial charge in [-0.25, -0.2) is 0 Å². The smallest absolute Gasteiger partial charge is 0.140 e. The Bertz CT molecular complexity index is 287. The van der Waals surface area contributed by atoms with Gasteiger partial charge in [0.25, 0.3) is 0 Å². The molecule has 0 radical (unpaired) electrons. The minimum absolute atomic E-state index is 0.0367. The Balaban J connectivity index is 2.78. The summed E-state index contributed by atoms with van der Waals surface area (Å²) < 4.78 is 5.92. The van der Waals surface area contributed by atoms with Crippen molar-refractivity contribution in [1.29, 1.82) is 0 Å². The summed E-state index contributed by atoms with van der Waals surface area (Å²) in [6.45, 7) is 11.8. The van der Waals surface area contributed by atoms with Gasteiger partial charge in [0.05, 0.1) is 11.2 Å².